The normalized spacial score (nSPS) is 16.2. The minimum atomic E-state index is -11.2. The van der Waals surface area contributed by atoms with Gasteiger partial charge in [-0.1, -0.05) is 24.3 Å². The van der Waals surface area contributed by atoms with Crippen LogP contribution in [0.4, 0.5) is 22.6 Å². The van der Waals surface area contributed by atoms with Gasteiger partial charge in [-0.3, -0.25) is 0 Å². The molecule has 1 aliphatic rings. The van der Waals surface area contributed by atoms with E-state index >= 15 is 0 Å². The summed E-state index contributed by atoms with van der Waals surface area (Å²) in [6.07, 6.45) is 0. The quantitative estimate of drug-likeness (QED) is 0.383. The number of anilines is 1. The molecule has 0 atom stereocenters. The van der Waals surface area contributed by atoms with Crippen molar-refractivity contribution in [1.29, 1.82) is 0 Å². The second kappa shape index (κ2) is 6.50. The second-order valence-corrected chi connectivity index (χ2v) is 11.7. The number of hydrogen-bond acceptors (Lipinski definition) is 3. The maximum atomic E-state index is 9.93. The van der Waals surface area contributed by atoms with Gasteiger partial charge < -0.3 is 9.64 Å². The molecule has 1 heterocycles. The average molecular weight is 494 g/mol. The van der Waals surface area contributed by atoms with Crippen molar-refractivity contribution in [3.63, 3.8) is 0 Å². The number of benzene rings is 2. The van der Waals surface area contributed by atoms with Crippen molar-refractivity contribution < 1.29 is 23.0 Å². The van der Waals surface area contributed by atoms with Crippen LogP contribution >= 0.6 is 11.8 Å². The van der Waals surface area contributed by atoms with Crippen molar-refractivity contribution >= 4 is 36.9 Å². The van der Waals surface area contributed by atoms with Gasteiger partial charge in [-0.2, -0.15) is 0 Å². The van der Waals surface area contributed by atoms with Crippen molar-refractivity contribution in [3.8, 4) is 5.75 Å². The van der Waals surface area contributed by atoms with E-state index in [9.17, 15) is 16.9 Å². The largest absolute Gasteiger partial charge is 1.00 e. The zero-order chi connectivity index (χ0) is 18.8. The molecule has 0 unspecified atom stereocenters. The Morgan fingerprint density at radius 1 is 1.00 bits per heavy atom. The summed E-state index contributed by atoms with van der Waals surface area (Å²) >= 11 is -9.35. The van der Waals surface area contributed by atoms with Gasteiger partial charge >= 0.3 is 37.8 Å². The summed E-state index contributed by atoms with van der Waals surface area (Å²) in [7, 11) is 1.70. The number of halogens is 6. The average Bonchev–Trinajstić information content (AvgIpc) is 2.88. The molecule has 3 rings (SSSR count). The van der Waals surface area contributed by atoms with E-state index in [4.69, 9.17) is 4.74 Å². The van der Waals surface area contributed by atoms with E-state index in [0.29, 0.717) is 0 Å². The SMILES string of the molecule is COc1ccc(CN2CSc3ccccc32)cc1.[F][Sb-]([F])([F])([F])([F])[F].[H+]. The van der Waals surface area contributed by atoms with Crippen LogP contribution in [-0.4, -0.2) is 32.5 Å². The van der Waals surface area contributed by atoms with Gasteiger partial charge in [0.25, 0.3) is 0 Å². The molecule has 0 aromatic heterocycles. The number of ether oxygens (including phenoxy) is 1. The van der Waals surface area contributed by atoms with Crippen LogP contribution < -0.4 is 9.64 Å². The number of methoxy groups -OCH3 is 1. The Hall–Kier alpha value is -1.21. The topological polar surface area (TPSA) is 12.5 Å². The van der Waals surface area contributed by atoms with Crippen LogP contribution in [0.25, 0.3) is 0 Å². The van der Waals surface area contributed by atoms with E-state index in [1.165, 1.54) is 16.1 Å². The fourth-order valence-corrected chi connectivity index (χ4v) is 3.18. The molecule has 0 radical (unpaired) electrons. The molecule has 0 aliphatic carbocycles. The Balaban J connectivity index is 0.000000366. The van der Waals surface area contributed by atoms with E-state index in [0.717, 1.165) is 18.2 Å². The molecule has 2 nitrogen and oxygen atoms in total. The van der Waals surface area contributed by atoms with Crippen molar-refractivity contribution in [2.45, 2.75) is 11.4 Å². The Morgan fingerprint density at radius 2 is 1.56 bits per heavy atom. The third kappa shape index (κ3) is 8.14. The van der Waals surface area contributed by atoms with Crippen LogP contribution in [0.1, 0.15) is 6.99 Å². The molecule has 0 spiro atoms. The van der Waals surface area contributed by atoms with Crippen LogP contribution in [0, 0.1) is 0 Å². The zero-order valence-corrected chi connectivity index (χ0v) is 16.4. The van der Waals surface area contributed by atoms with Crippen LogP contribution in [0.15, 0.2) is 53.4 Å². The maximum absolute atomic E-state index is 11.2. The fraction of sp³-hybridized carbons (Fsp3) is 0.200. The van der Waals surface area contributed by atoms with E-state index < -0.39 is 19.5 Å². The smallest absolute Gasteiger partial charge is 1.00 e. The molecule has 2 aromatic carbocycles. The Morgan fingerprint density at radius 3 is 2.12 bits per heavy atom. The van der Waals surface area contributed by atoms with Gasteiger partial charge in [-0.15, -0.1) is 11.8 Å². The number of para-hydroxylation sites is 1. The molecule has 25 heavy (non-hydrogen) atoms. The molecule has 1 aliphatic heterocycles. The minimum absolute atomic E-state index is 0. The van der Waals surface area contributed by atoms with Gasteiger partial charge in [0.1, 0.15) is 5.75 Å². The van der Waals surface area contributed by atoms with Gasteiger partial charge in [-0.05, 0) is 29.8 Å². The van der Waals surface area contributed by atoms with Gasteiger partial charge in [-0.25, -0.2) is 0 Å². The number of hydrogen-bond donors (Lipinski definition) is 0. The van der Waals surface area contributed by atoms with Crippen LogP contribution in [0.3, 0.4) is 0 Å². The van der Waals surface area contributed by atoms with Gasteiger partial charge in [0.05, 0.1) is 18.7 Å². The first-order valence-electron chi connectivity index (χ1n) is 6.98. The molecule has 0 saturated heterocycles. The summed E-state index contributed by atoms with van der Waals surface area (Å²) in [5.74, 6) is 1.95. The molecule has 0 N–H and O–H groups in total. The van der Waals surface area contributed by atoms with Crippen LogP contribution in [0.5, 0.6) is 5.75 Å². The van der Waals surface area contributed by atoms with Gasteiger partial charge in [0.2, 0.25) is 0 Å². The maximum Gasteiger partial charge on any atom is 1.00 e. The summed E-state index contributed by atoms with van der Waals surface area (Å²) in [4.78, 5) is 3.79. The van der Waals surface area contributed by atoms with Crippen molar-refractivity contribution in [3.05, 3.63) is 54.1 Å². The molecule has 0 amide bonds. The Bertz CT molecular complexity index is 730. The molecule has 0 fully saturated rings. The van der Waals surface area contributed by atoms with Crippen molar-refractivity contribution in [1.82, 2.24) is 0 Å². The number of nitrogens with zero attached hydrogens (tertiary/aromatic N) is 1. The first kappa shape index (κ1) is 20.1. The minimum Gasteiger partial charge on any atom is 1.00 e. The van der Waals surface area contributed by atoms with Crippen molar-refractivity contribution in [2.75, 3.05) is 17.9 Å². The Kier molecular flexibility index (Phi) is 5.23. The monoisotopic (exact) mass is 493 g/mol. The summed E-state index contributed by atoms with van der Waals surface area (Å²) in [5.41, 5.74) is 2.66. The summed E-state index contributed by atoms with van der Waals surface area (Å²) in [5, 5.41) is 0. The summed E-state index contributed by atoms with van der Waals surface area (Å²) < 4.78 is 64.7. The van der Waals surface area contributed by atoms with Crippen LogP contribution in [-0.2, 0) is 6.54 Å². The van der Waals surface area contributed by atoms with E-state index in [1.807, 2.05) is 23.9 Å². The summed E-state index contributed by atoms with van der Waals surface area (Å²) in [6.45, 7) is 0.952. The molecule has 10 heteroatoms. The first-order valence-corrected chi connectivity index (χ1v) is 13.8. The van der Waals surface area contributed by atoms with Gasteiger partial charge in [0, 0.05) is 11.4 Å². The van der Waals surface area contributed by atoms with E-state index in [2.05, 4.69) is 41.3 Å². The fourth-order valence-electron chi connectivity index (χ4n) is 2.14. The zero-order valence-electron chi connectivity index (χ0n) is 14.0. The predicted molar refractivity (Wildman–Crippen MR) is 89.9 cm³/mol. The third-order valence-electron chi connectivity index (χ3n) is 3.11. The molecule has 0 bridgehead atoms. The molecule has 140 valence electrons. The standard InChI is InChI=1S/C15H15NOS.6FH.Sb/c1-17-13-8-6-12(7-9-13)10-16-11-18-15-5-3-2-4-14(15)16;;;;;;;/h2-9H,10-11H2,1H3;6*1H;/q;;;;;;;+5/p-5. The Labute approximate surface area is 149 Å². The summed E-state index contributed by atoms with van der Waals surface area (Å²) in [6, 6.07) is 16.9. The van der Waals surface area contributed by atoms with Crippen LogP contribution in [0.2, 0.25) is 0 Å². The van der Waals surface area contributed by atoms with E-state index in [1.54, 1.807) is 7.11 Å². The predicted octanol–water partition coefficient (Wildman–Crippen LogP) is 6.02. The molecule has 2 aromatic rings. The molecular weight excluding hydrogens is 478 g/mol. The second-order valence-electron chi connectivity index (χ2n) is 5.25. The third-order valence-corrected chi connectivity index (χ3v) is 4.21. The first-order chi connectivity index (χ1) is 11.3. The van der Waals surface area contributed by atoms with Crippen molar-refractivity contribution in [2.24, 2.45) is 0 Å². The number of fused-ring (bicyclic) bond motifs is 1. The molecule has 0 saturated carbocycles. The van der Waals surface area contributed by atoms with E-state index in [-0.39, 0.29) is 1.43 Å². The number of thioether (sulfide) groups is 1. The molecular formula is C15H16F6NOSSb. The number of rotatable bonds is 3. The van der Waals surface area contributed by atoms with Gasteiger partial charge in [0.15, 0.2) is 0 Å².